The van der Waals surface area contributed by atoms with Gasteiger partial charge in [0.2, 0.25) is 0 Å². The van der Waals surface area contributed by atoms with Crippen LogP contribution in [-0.2, 0) is 0 Å². The van der Waals surface area contributed by atoms with E-state index >= 15 is 0 Å². The lowest BCUT2D eigenvalue weighted by molar-refractivity contribution is -0.917. The minimum Gasteiger partial charge on any atom is -0.326 e. The first-order valence-electron chi connectivity index (χ1n) is 9.40. The number of nitrogens with one attached hydrogen (secondary N) is 1. The van der Waals surface area contributed by atoms with E-state index < -0.39 is 0 Å². The van der Waals surface area contributed by atoms with Gasteiger partial charge in [-0.1, -0.05) is 42.6 Å². The van der Waals surface area contributed by atoms with Gasteiger partial charge in [0.05, 0.1) is 36.7 Å². The van der Waals surface area contributed by atoms with E-state index in [0.717, 1.165) is 12.5 Å². The van der Waals surface area contributed by atoms with Gasteiger partial charge in [0, 0.05) is 12.5 Å². The molecule has 3 unspecified atom stereocenters. The second-order valence-corrected chi connectivity index (χ2v) is 8.59. The average molecular weight is 372 g/mol. The Balaban J connectivity index is 2.05. The van der Waals surface area contributed by atoms with Crippen molar-refractivity contribution in [2.24, 2.45) is 5.92 Å². The number of benzene rings is 1. The maximum Gasteiger partial charge on any atom is 0.0813 e. The molecule has 0 bridgehead atoms. The van der Waals surface area contributed by atoms with Crippen molar-refractivity contribution >= 4 is 23.2 Å². The molecular formula is C20H33Cl2N2+. The molecule has 136 valence electrons. The van der Waals surface area contributed by atoms with Crippen LogP contribution in [0.15, 0.2) is 18.2 Å². The molecule has 4 heteroatoms. The van der Waals surface area contributed by atoms with E-state index in [-0.39, 0.29) is 0 Å². The first-order valence-corrected chi connectivity index (χ1v) is 10.2. The standard InChI is InChI=1S/C20H33Cl2N2/c1-4-5-10-24(3)11-6-7-16(15-24)12-18(14-23-2)17-8-9-19(21)20(22)13-17/h8-9,13,16,18,23H,4-7,10-12,14-15H2,1-3H3/q+1. The second-order valence-electron chi connectivity index (χ2n) is 7.77. The summed E-state index contributed by atoms with van der Waals surface area (Å²) in [6, 6.07) is 6.13. The Morgan fingerprint density at radius 3 is 2.75 bits per heavy atom. The summed E-state index contributed by atoms with van der Waals surface area (Å²) in [7, 11) is 4.49. The highest BCUT2D eigenvalue weighted by Crippen LogP contribution is 2.33. The van der Waals surface area contributed by atoms with Gasteiger partial charge >= 0.3 is 0 Å². The topological polar surface area (TPSA) is 12.0 Å². The van der Waals surface area contributed by atoms with Crippen LogP contribution in [0.3, 0.4) is 0 Å². The summed E-state index contributed by atoms with van der Waals surface area (Å²) in [5, 5.41) is 4.68. The first kappa shape index (κ1) is 20.0. The highest BCUT2D eigenvalue weighted by Gasteiger charge is 2.32. The molecule has 1 aliphatic heterocycles. The van der Waals surface area contributed by atoms with Gasteiger partial charge < -0.3 is 9.80 Å². The molecule has 24 heavy (non-hydrogen) atoms. The number of likely N-dealkylation sites (N-methyl/N-ethyl adjacent to an activating group) is 1. The Labute approximate surface area is 158 Å². The van der Waals surface area contributed by atoms with Gasteiger partial charge in [-0.25, -0.2) is 0 Å². The quantitative estimate of drug-likeness (QED) is 0.607. The zero-order chi connectivity index (χ0) is 17.6. The zero-order valence-electron chi connectivity index (χ0n) is 15.5. The van der Waals surface area contributed by atoms with E-state index in [1.54, 1.807) is 0 Å². The van der Waals surface area contributed by atoms with Crippen molar-refractivity contribution in [1.29, 1.82) is 0 Å². The number of hydrogen-bond acceptors (Lipinski definition) is 1. The summed E-state index contributed by atoms with van der Waals surface area (Å²) in [6.45, 7) is 7.28. The molecule has 1 fully saturated rings. The van der Waals surface area contributed by atoms with Crippen molar-refractivity contribution in [3.8, 4) is 0 Å². The molecule has 0 aromatic heterocycles. The predicted molar refractivity (Wildman–Crippen MR) is 106 cm³/mol. The molecule has 2 nitrogen and oxygen atoms in total. The van der Waals surface area contributed by atoms with Crippen LogP contribution in [0.1, 0.15) is 50.5 Å². The summed E-state index contributed by atoms with van der Waals surface area (Å²) in [5.41, 5.74) is 1.31. The minimum absolute atomic E-state index is 0.507. The van der Waals surface area contributed by atoms with Crippen molar-refractivity contribution in [3.05, 3.63) is 33.8 Å². The van der Waals surface area contributed by atoms with Crippen LogP contribution in [0, 0.1) is 5.92 Å². The molecule has 1 saturated heterocycles. The third-order valence-electron chi connectivity index (χ3n) is 5.54. The fraction of sp³-hybridized carbons (Fsp3) is 0.700. The number of quaternary nitrogens is 1. The largest absolute Gasteiger partial charge is 0.326 e. The number of unbranched alkanes of at least 4 members (excludes halogenated alkanes) is 1. The maximum atomic E-state index is 6.25. The Morgan fingerprint density at radius 1 is 1.29 bits per heavy atom. The van der Waals surface area contributed by atoms with Crippen LogP contribution in [0.25, 0.3) is 0 Å². The molecular weight excluding hydrogens is 339 g/mol. The molecule has 1 aromatic carbocycles. The van der Waals surface area contributed by atoms with Crippen LogP contribution in [-0.4, -0.2) is 44.8 Å². The van der Waals surface area contributed by atoms with Gasteiger partial charge in [-0.15, -0.1) is 0 Å². The van der Waals surface area contributed by atoms with Gasteiger partial charge in [0.1, 0.15) is 0 Å². The van der Waals surface area contributed by atoms with Gasteiger partial charge in [-0.05, 0) is 56.3 Å². The van der Waals surface area contributed by atoms with Crippen molar-refractivity contribution in [1.82, 2.24) is 5.32 Å². The summed E-state index contributed by atoms with van der Waals surface area (Å²) < 4.78 is 1.26. The molecule has 3 atom stereocenters. The van der Waals surface area contributed by atoms with Gasteiger partial charge in [0.15, 0.2) is 0 Å². The molecule has 0 aliphatic carbocycles. The maximum absolute atomic E-state index is 6.25. The van der Waals surface area contributed by atoms with Crippen LogP contribution in [0.5, 0.6) is 0 Å². The number of halogens is 2. The van der Waals surface area contributed by atoms with Crippen LogP contribution < -0.4 is 5.32 Å². The molecule has 0 amide bonds. The Morgan fingerprint density at radius 2 is 2.08 bits per heavy atom. The average Bonchev–Trinajstić information content (AvgIpc) is 2.55. The summed E-state index contributed by atoms with van der Waals surface area (Å²) in [5.74, 6) is 1.31. The van der Waals surface area contributed by atoms with E-state index in [1.807, 2.05) is 13.1 Å². The van der Waals surface area contributed by atoms with Crippen molar-refractivity contribution in [2.45, 2.75) is 44.9 Å². The smallest absolute Gasteiger partial charge is 0.0813 e. The summed E-state index contributed by atoms with van der Waals surface area (Å²) in [4.78, 5) is 0. The molecule has 1 aliphatic rings. The third-order valence-corrected chi connectivity index (χ3v) is 6.28. The SMILES string of the molecule is CCCC[N+]1(C)CCCC(CC(CNC)c2ccc(Cl)c(Cl)c2)C1. The molecule has 0 radical (unpaired) electrons. The fourth-order valence-electron chi connectivity index (χ4n) is 4.26. The van der Waals surface area contributed by atoms with E-state index in [1.165, 1.54) is 61.8 Å². The van der Waals surface area contributed by atoms with E-state index in [0.29, 0.717) is 16.0 Å². The molecule has 0 spiro atoms. The molecule has 1 N–H and O–H groups in total. The zero-order valence-corrected chi connectivity index (χ0v) is 17.0. The molecule has 1 heterocycles. The van der Waals surface area contributed by atoms with Gasteiger partial charge in [-0.2, -0.15) is 0 Å². The van der Waals surface area contributed by atoms with Crippen LogP contribution in [0.4, 0.5) is 0 Å². The fourth-order valence-corrected chi connectivity index (χ4v) is 4.56. The monoisotopic (exact) mass is 371 g/mol. The van der Waals surface area contributed by atoms with Crippen LogP contribution >= 0.6 is 23.2 Å². The molecule has 2 rings (SSSR count). The normalized spacial score (nSPS) is 25.6. The van der Waals surface area contributed by atoms with Crippen molar-refractivity contribution < 1.29 is 4.48 Å². The lowest BCUT2D eigenvalue weighted by Gasteiger charge is -2.42. The predicted octanol–water partition coefficient (Wildman–Crippen LogP) is 5.34. The Hall–Kier alpha value is -0.280. The Kier molecular flexibility index (Phi) is 7.87. The summed E-state index contributed by atoms with van der Waals surface area (Å²) in [6.07, 6.45) is 6.60. The number of nitrogens with zero attached hydrogens (tertiary/aromatic N) is 1. The Bertz CT molecular complexity index is 520. The molecule has 0 saturated carbocycles. The van der Waals surface area contributed by atoms with Crippen molar-refractivity contribution in [2.75, 3.05) is 40.3 Å². The second kappa shape index (κ2) is 9.43. The van der Waals surface area contributed by atoms with Crippen molar-refractivity contribution in [3.63, 3.8) is 0 Å². The number of hydrogen-bond donors (Lipinski definition) is 1. The third kappa shape index (κ3) is 5.62. The lowest BCUT2D eigenvalue weighted by atomic mass is 9.83. The first-order chi connectivity index (χ1) is 11.5. The van der Waals surface area contributed by atoms with E-state index in [9.17, 15) is 0 Å². The highest BCUT2D eigenvalue weighted by molar-refractivity contribution is 6.42. The lowest BCUT2D eigenvalue weighted by Crippen LogP contribution is -2.51. The number of piperidine rings is 1. The molecule has 1 aromatic rings. The highest BCUT2D eigenvalue weighted by atomic mass is 35.5. The number of likely N-dealkylation sites (tertiary alicyclic amines) is 1. The van der Waals surface area contributed by atoms with E-state index in [2.05, 4.69) is 31.4 Å². The number of rotatable bonds is 8. The minimum atomic E-state index is 0.507. The summed E-state index contributed by atoms with van der Waals surface area (Å²) >= 11 is 12.3. The van der Waals surface area contributed by atoms with E-state index in [4.69, 9.17) is 23.2 Å². The van der Waals surface area contributed by atoms with Crippen LogP contribution in [0.2, 0.25) is 10.0 Å². The van der Waals surface area contributed by atoms with Gasteiger partial charge in [-0.3, -0.25) is 0 Å². The van der Waals surface area contributed by atoms with Gasteiger partial charge in [0.25, 0.3) is 0 Å².